The molecule has 280 valence electrons. The maximum Gasteiger partial charge on any atom is 0.336 e. The van der Waals surface area contributed by atoms with Crippen LogP contribution in [0.15, 0.2) is 53.5 Å². The van der Waals surface area contributed by atoms with E-state index >= 15 is 0 Å². The Morgan fingerprint density at radius 3 is 1.82 bits per heavy atom. The van der Waals surface area contributed by atoms with Gasteiger partial charge in [-0.15, -0.1) is 0 Å². The lowest BCUT2D eigenvalue weighted by Gasteiger charge is -2.22. The van der Waals surface area contributed by atoms with E-state index in [1.165, 1.54) is 12.5 Å². The maximum atomic E-state index is 12.8. The summed E-state index contributed by atoms with van der Waals surface area (Å²) in [7, 11) is 0. The molecule has 7 N–H and O–H groups in total. The molecule has 2 aliphatic rings. The van der Waals surface area contributed by atoms with E-state index in [1.54, 1.807) is 62.4 Å². The molecule has 51 heavy (non-hydrogen) atoms. The second-order valence-corrected chi connectivity index (χ2v) is 11.8. The first kappa shape index (κ1) is 44.6. The molecule has 0 atom stereocenters. The molecule has 0 spiro atoms. The number of aliphatic imine (C=N–C) groups is 1. The third-order valence-electron chi connectivity index (χ3n) is 8.16. The molecule has 0 aromatic heterocycles. The van der Waals surface area contributed by atoms with Gasteiger partial charge in [0, 0.05) is 23.0 Å². The van der Waals surface area contributed by atoms with Gasteiger partial charge in [-0.25, -0.2) is 15.4 Å². The molecule has 15 heteroatoms. The molecule has 14 nitrogen and oxygen atoms in total. The van der Waals surface area contributed by atoms with Gasteiger partial charge in [-0.05, 0) is 63.8 Å². The SMILES string of the molecule is CCOC(=O)CN(N)C(=O)Nc1ccccc1C(=O)C1CCCCC1.CCOC(=O)CN[NH3+].O=C=Nc1ccccc1C(=O)C1CCCCC1.[Cl-]. The fourth-order valence-corrected chi connectivity index (χ4v) is 5.72. The minimum absolute atomic E-state index is 0. The van der Waals surface area contributed by atoms with E-state index in [4.69, 9.17) is 10.6 Å². The third kappa shape index (κ3) is 16.0. The minimum Gasteiger partial charge on any atom is -1.00 e. The Kier molecular flexibility index (Phi) is 22.3. The predicted molar refractivity (Wildman–Crippen MR) is 187 cm³/mol. The molecule has 4 rings (SSSR count). The average molecular weight is 731 g/mol. The van der Waals surface area contributed by atoms with E-state index in [9.17, 15) is 28.8 Å². The van der Waals surface area contributed by atoms with Gasteiger partial charge in [0.1, 0.15) is 13.1 Å². The van der Waals surface area contributed by atoms with Crippen molar-refractivity contribution in [1.82, 2.24) is 10.4 Å². The summed E-state index contributed by atoms with van der Waals surface area (Å²) in [6.07, 6.45) is 11.9. The summed E-state index contributed by atoms with van der Waals surface area (Å²) >= 11 is 0. The van der Waals surface area contributed by atoms with Crippen LogP contribution in [0.1, 0.15) is 98.8 Å². The van der Waals surface area contributed by atoms with Crippen molar-refractivity contribution in [2.75, 3.05) is 31.6 Å². The second-order valence-electron chi connectivity index (χ2n) is 11.8. The van der Waals surface area contributed by atoms with Crippen LogP contribution in [-0.4, -0.2) is 66.9 Å². The van der Waals surface area contributed by atoms with Gasteiger partial charge in [-0.3, -0.25) is 30.0 Å². The number of benzene rings is 2. The van der Waals surface area contributed by atoms with Gasteiger partial charge in [0.05, 0.1) is 24.6 Å². The van der Waals surface area contributed by atoms with Crippen LogP contribution in [0.2, 0.25) is 0 Å². The fourth-order valence-electron chi connectivity index (χ4n) is 5.72. The van der Waals surface area contributed by atoms with E-state index < -0.39 is 12.0 Å². The van der Waals surface area contributed by atoms with Crippen LogP contribution in [0.25, 0.3) is 0 Å². The monoisotopic (exact) mass is 730 g/mol. The number of carbonyl (C=O) groups excluding carboxylic acids is 6. The zero-order valence-electron chi connectivity index (χ0n) is 29.5. The van der Waals surface area contributed by atoms with Crippen LogP contribution < -0.4 is 34.8 Å². The van der Waals surface area contributed by atoms with Crippen LogP contribution in [-0.2, 0) is 23.9 Å². The summed E-state index contributed by atoms with van der Waals surface area (Å²) < 4.78 is 9.30. The number of nitrogens with one attached hydrogen (secondary N) is 2. The molecule has 2 fully saturated rings. The van der Waals surface area contributed by atoms with E-state index in [1.807, 2.05) is 0 Å². The van der Waals surface area contributed by atoms with Gasteiger partial charge in [-0.2, -0.15) is 10.4 Å². The number of ketones is 2. The predicted octanol–water partition coefficient (Wildman–Crippen LogP) is 1.44. The highest BCUT2D eigenvalue weighted by Crippen LogP contribution is 2.31. The number of amides is 2. The Morgan fingerprint density at radius 1 is 0.804 bits per heavy atom. The number of Topliss-reactive ketones (excluding diaryl/α,β-unsaturated/α-hetero) is 2. The number of esters is 2. The Hall–Kier alpha value is -4.46. The topological polar surface area (TPSA) is 214 Å². The molecular weight excluding hydrogens is 680 g/mol. The molecule has 2 aliphatic carbocycles. The van der Waals surface area contributed by atoms with Gasteiger partial charge in [0.15, 0.2) is 11.6 Å². The number of isocyanates is 1. The van der Waals surface area contributed by atoms with E-state index in [0.717, 1.165) is 62.8 Å². The Balaban J connectivity index is 0.000000432. The number of para-hydroxylation sites is 2. The zero-order valence-corrected chi connectivity index (χ0v) is 30.3. The van der Waals surface area contributed by atoms with Crippen molar-refractivity contribution < 1.29 is 56.5 Å². The van der Waals surface area contributed by atoms with Crippen LogP contribution >= 0.6 is 0 Å². The van der Waals surface area contributed by atoms with E-state index in [2.05, 4.69) is 26.3 Å². The normalized spacial score (nSPS) is 14.0. The first-order valence-electron chi connectivity index (χ1n) is 17.1. The molecule has 2 amide bonds. The van der Waals surface area contributed by atoms with Gasteiger partial charge < -0.3 is 27.2 Å². The average Bonchev–Trinajstić information content (AvgIpc) is 3.13. The standard InChI is InChI=1S/C18H25N3O4.C14H15NO2.C4H10N2O2.ClH/c1-2-25-16(22)12-21(19)18(24)20-15-11-7-6-10-14(15)17(23)13-8-4-3-5-9-13;16-10-15-13-9-5-4-8-12(13)14(17)11-6-2-1-3-7-11;1-2-8-4(7)3-6-5;/h6-7,10-11,13H,2-5,8-9,12,19H2,1H3,(H,20,24);4-5,8-9,11H,1-3,6-7H2;6H,2-3,5H2,1H3;1H. The summed E-state index contributed by atoms with van der Waals surface area (Å²) in [5, 5.41) is 3.35. The zero-order chi connectivity index (χ0) is 36.7. The Bertz CT molecular complexity index is 1450. The van der Waals surface area contributed by atoms with E-state index in [0.29, 0.717) is 29.1 Å². The molecule has 0 aliphatic heterocycles. The summed E-state index contributed by atoms with van der Waals surface area (Å²) in [5.41, 5.74) is 4.31. The number of rotatable bonds is 12. The Labute approximate surface area is 305 Å². The lowest BCUT2D eigenvalue weighted by Crippen LogP contribution is -3.00. The van der Waals surface area contributed by atoms with Crippen LogP contribution in [0.4, 0.5) is 16.2 Å². The van der Waals surface area contributed by atoms with Crippen molar-refractivity contribution in [3.8, 4) is 0 Å². The van der Waals surface area contributed by atoms with Crippen LogP contribution in [0.3, 0.4) is 0 Å². The van der Waals surface area contributed by atoms with Crippen molar-refractivity contribution in [2.45, 2.75) is 78.1 Å². The molecule has 2 aromatic rings. The number of halogens is 1. The molecule has 0 heterocycles. The Morgan fingerprint density at radius 2 is 1.29 bits per heavy atom. The molecule has 2 aromatic carbocycles. The number of carbonyl (C=O) groups is 5. The molecule has 0 unspecified atom stereocenters. The maximum absolute atomic E-state index is 12.8. The highest BCUT2D eigenvalue weighted by molar-refractivity contribution is 6.06. The van der Waals surface area contributed by atoms with E-state index in [-0.39, 0.29) is 61.5 Å². The van der Waals surface area contributed by atoms with Gasteiger partial charge in [0.25, 0.3) is 0 Å². The van der Waals surface area contributed by atoms with Gasteiger partial charge in [0.2, 0.25) is 6.08 Å². The third-order valence-corrected chi connectivity index (χ3v) is 8.16. The lowest BCUT2D eigenvalue weighted by atomic mass is 9.83. The molecule has 0 radical (unpaired) electrons. The van der Waals surface area contributed by atoms with Crippen molar-refractivity contribution in [3.63, 3.8) is 0 Å². The highest BCUT2D eigenvalue weighted by Gasteiger charge is 2.26. The fraction of sp³-hybridized carbons (Fsp3) is 0.500. The van der Waals surface area contributed by atoms with Crippen molar-refractivity contribution in [3.05, 3.63) is 59.7 Å². The highest BCUT2D eigenvalue weighted by atomic mass is 35.5. The lowest BCUT2D eigenvalue weighted by molar-refractivity contribution is -0.440. The summed E-state index contributed by atoms with van der Waals surface area (Å²) in [6, 6.07) is 13.2. The number of hydrazine groups is 1. The second kappa shape index (κ2) is 25.5. The van der Waals surface area contributed by atoms with Crippen LogP contribution in [0, 0.1) is 11.8 Å². The number of nitrogens with two attached hydrogens (primary N) is 1. The molecular formula is C36H51ClN6O8. The number of ether oxygens (including phenoxy) is 2. The number of nitrogens with zero attached hydrogens (tertiary/aromatic N) is 2. The molecule has 2 saturated carbocycles. The summed E-state index contributed by atoms with van der Waals surface area (Å²) in [5.74, 6) is 8.28. The number of quaternary nitrogens is 1. The number of urea groups is 1. The van der Waals surface area contributed by atoms with Crippen molar-refractivity contribution in [1.29, 1.82) is 0 Å². The van der Waals surface area contributed by atoms with Crippen molar-refractivity contribution in [2.24, 2.45) is 22.7 Å². The van der Waals surface area contributed by atoms with Crippen molar-refractivity contribution >= 4 is 47.0 Å². The van der Waals surface area contributed by atoms with Gasteiger partial charge >= 0.3 is 18.0 Å². The van der Waals surface area contributed by atoms with Gasteiger partial charge in [-0.1, -0.05) is 62.8 Å². The molecule has 0 bridgehead atoms. The number of hydrogen-bond acceptors (Lipinski definition) is 11. The first-order valence-corrected chi connectivity index (χ1v) is 17.1. The molecule has 0 saturated heterocycles. The van der Waals surface area contributed by atoms with Crippen LogP contribution in [0.5, 0.6) is 0 Å². The summed E-state index contributed by atoms with van der Waals surface area (Å²) in [6.45, 7) is 3.91. The number of hydrogen-bond donors (Lipinski definition) is 4. The smallest absolute Gasteiger partial charge is 0.336 e. The summed E-state index contributed by atoms with van der Waals surface area (Å²) in [4.78, 5) is 72.9. The first-order chi connectivity index (χ1) is 24.2. The quantitative estimate of drug-likeness (QED) is 0.0469. The number of anilines is 1. The largest absolute Gasteiger partial charge is 1.00 e. The minimum atomic E-state index is -0.669.